The summed E-state index contributed by atoms with van der Waals surface area (Å²) in [7, 11) is -3.45. The van der Waals surface area contributed by atoms with E-state index in [0.717, 1.165) is 37.8 Å². The first kappa shape index (κ1) is 24.0. The quantitative estimate of drug-likeness (QED) is 0.640. The van der Waals surface area contributed by atoms with Crippen LogP contribution in [0, 0.1) is 17.2 Å². The lowest BCUT2D eigenvalue weighted by atomic mass is 9.85. The Morgan fingerprint density at radius 1 is 1.27 bits per heavy atom. The zero-order chi connectivity index (χ0) is 23.6. The van der Waals surface area contributed by atoms with Gasteiger partial charge in [-0.3, -0.25) is 4.90 Å². The lowest BCUT2D eigenvalue weighted by molar-refractivity contribution is 0.164. The lowest BCUT2D eigenvalue weighted by Crippen LogP contribution is -2.41. The first-order valence-corrected chi connectivity index (χ1v) is 13.4. The molecule has 1 saturated heterocycles. The van der Waals surface area contributed by atoms with Crippen molar-refractivity contribution >= 4 is 21.4 Å². The molecule has 176 valence electrons. The second-order valence-electron chi connectivity index (χ2n) is 9.07. The van der Waals surface area contributed by atoms with Crippen molar-refractivity contribution < 1.29 is 18.3 Å². The molecule has 0 unspecified atom stereocenters. The Hall–Kier alpha value is -2.11. The van der Waals surface area contributed by atoms with Crippen LogP contribution in [-0.4, -0.2) is 56.0 Å². The average Bonchev–Trinajstić information content (AvgIpc) is 3.17. The molecule has 1 N–H and O–H groups in total. The van der Waals surface area contributed by atoms with Crippen LogP contribution >= 0.6 is 11.6 Å². The van der Waals surface area contributed by atoms with Crippen molar-refractivity contribution in [1.82, 2.24) is 4.90 Å². The number of fused-ring (bicyclic) bond motifs is 1. The normalized spacial score (nSPS) is 23.2. The van der Waals surface area contributed by atoms with Gasteiger partial charge in [-0.15, -0.1) is 0 Å². The first-order valence-electron chi connectivity index (χ1n) is 11.3. The van der Waals surface area contributed by atoms with Crippen LogP contribution in [0.2, 0.25) is 5.02 Å². The van der Waals surface area contributed by atoms with Crippen molar-refractivity contribution in [3.8, 4) is 11.8 Å². The van der Waals surface area contributed by atoms with Crippen LogP contribution in [0.4, 0.5) is 0 Å². The molecule has 6 nitrogen and oxygen atoms in total. The van der Waals surface area contributed by atoms with E-state index in [-0.39, 0.29) is 10.6 Å². The highest BCUT2D eigenvalue weighted by Gasteiger charge is 2.36. The SMILES string of the molecule is C[C@@H]1C[C@H](COc2ccc(S(=O)(=O)CCO)cc2)CN1[C@H]1CCc2c(C#N)cc(Cl)cc2C1. The monoisotopic (exact) mass is 488 g/mol. The Bertz CT molecular complexity index is 1140. The topological polar surface area (TPSA) is 90.6 Å². The summed E-state index contributed by atoms with van der Waals surface area (Å²) in [4.78, 5) is 2.76. The predicted molar refractivity (Wildman–Crippen MR) is 127 cm³/mol. The highest BCUT2D eigenvalue weighted by Crippen LogP contribution is 2.34. The Balaban J connectivity index is 1.35. The van der Waals surface area contributed by atoms with Gasteiger partial charge in [-0.2, -0.15) is 5.26 Å². The minimum atomic E-state index is -3.45. The van der Waals surface area contributed by atoms with Gasteiger partial charge < -0.3 is 9.84 Å². The summed E-state index contributed by atoms with van der Waals surface area (Å²) in [5, 5.41) is 19.0. The molecule has 0 radical (unpaired) electrons. The fourth-order valence-electron chi connectivity index (χ4n) is 5.22. The summed E-state index contributed by atoms with van der Waals surface area (Å²) < 4.78 is 30.0. The molecule has 2 aromatic carbocycles. The summed E-state index contributed by atoms with van der Waals surface area (Å²) in [6, 6.07) is 13.4. The molecule has 1 fully saturated rings. The smallest absolute Gasteiger partial charge is 0.180 e. The number of halogens is 1. The molecule has 1 aliphatic carbocycles. The van der Waals surface area contributed by atoms with Crippen molar-refractivity contribution in [1.29, 1.82) is 5.26 Å². The van der Waals surface area contributed by atoms with Gasteiger partial charge in [0.2, 0.25) is 0 Å². The summed E-state index contributed by atoms with van der Waals surface area (Å²) in [6.07, 6.45) is 3.89. The maximum atomic E-state index is 12.0. The zero-order valence-corrected chi connectivity index (χ0v) is 20.3. The van der Waals surface area contributed by atoms with Gasteiger partial charge in [0, 0.05) is 29.6 Å². The van der Waals surface area contributed by atoms with Crippen LogP contribution in [0.5, 0.6) is 5.75 Å². The van der Waals surface area contributed by atoms with E-state index in [0.29, 0.717) is 40.9 Å². The van der Waals surface area contributed by atoms with Crippen molar-refractivity contribution in [2.45, 2.75) is 49.6 Å². The maximum absolute atomic E-state index is 12.0. The van der Waals surface area contributed by atoms with Gasteiger partial charge in [-0.1, -0.05) is 11.6 Å². The molecule has 3 atom stereocenters. The molecule has 4 rings (SSSR count). The molecule has 2 aromatic rings. The maximum Gasteiger partial charge on any atom is 0.180 e. The summed E-state index contributed by atoms with van der Waals surface area (Å²) in [5.74, 6) is 0.765. The molecular formula is C25H29ClN2O4S. The molecule has 0 spiro atoms. The van der Waals surface area contributed by atoms with Gasteiger partial charge in [0.15, 0.2) is 9.84 Å². The van der Waals surface area contributed by atoms with Crippen molar-refractivity contribution in [2.75, 3.05) is 25.5 Å². The Morgan fingerprint density at radius 3 is 2.73 bits per heavy atom. The van der Waals surface area contributed by atoms with Crippen molar-refractivity contribution in [3.05, 3.63) is 58.1 Å². The van der Waals surface area contributed by atoms with Crippen LogP contribution < -0.4 is 4.74 Å². The molecule has 2 aliphatic rings. The summed E-state index contributed by atoms with van der Waals surface area (Å²) in [6.45, 7) is 3.40. The number of sulfone groups is 1. The molecule has 0 bridgehead atoms. The second-order valence-corrected chi connectivity index (χ2v) is 11.6. The van der Waals surface area contributed by atoms with Gasteiger partial charge in [0.25, 0.3) is 0 Å². The van der Waals surface area contributed by atoms with E-state index in [1.165, 1.54) is 17.7 Å². The third kappa shape index (κ3) is 5.36. The van der Waals surface area contributed by atoms with Crippen LogP contribution in [0.25, 0.3) is 0 Å². The number of aliphatic hydroxyl groups is 1. The number of aliphatic hydroxyl groups excluding tert-OH is 1. The summed E-state index contributed by atoms with van der Waals surface area (Å²) >= 11 is 6.24. The lowest BCUT2D eigenvalue weighted by Gasteiger charge is -2.35. The minimum Gasteiger partial charge on any atom is -0.493 e. The minimum absolute atomic E-state index is 0.196. The fraction of sp³-hybridized carbons (Fsp3) is 0.480. The van der Waals surface area contributed by atoms with Gasteiger partial charge in [0.1, 0.15) is 5.75 Å². The third-order valence-corrected chi connectivity index (χ3v) is 8.75. The molecular weight excluding hydrogens is 460 g/mol. The molecule has 1 heterocycles. The number of nitriles is 1. The molecule has 0 aromatic heterocycles. The number of benzene rings is 2. The Labute approximate surface area is 200 Å². The van der Waals surface area contributed by atoms with E-state index in [4.69, 9.17) is 21.4 Å². The van der Waals surface area contributed by atoms with E-state index < -0.39 is 16.4 Å². The number of hydrogen-bond acceptors (Lipinski definition) is 6. The van der Waals surface area contributed by atoms with Crippen LogP contribution in [0.15, 0.2) is 41.3 Å². The van der Waals surface area contributed by atoms with Crippen LogP contribution in [0.3, 0.4) is 0 Å². The Morgan fingerprint density at radius 2 is 2.03 bits per heavy atom. The number of ether oxygens (including phenoxy) is 1. The molecule has 8 heteroatoms. The number of hydrogen-bond donors (Lipinski definition) is 1. The van der Waals surface area contributed by atoms with E-state index in [1.54, 1.807) is 18.2 Å². The molecule has 1 aliphatic heterocycles. The molecule has 0 amide bonds. The molecule has 33 heavy (non-hydrogen) atoms. The number of rotatable bonds is 7. The Kier molecular flexibility index (Phi) is 7.30. The highest BCUT2D eigenvalue weighted by molar-refractivity contribution is 7.91. The van der Waals surface area contributed by atoms with Crippen molar-refractivity contribution in [2.24, 2.45) is 5.92 Å². The van der Waals surface area contributed by atoms with Gasteiger partial charge in [0.05, 0.1) is 35.5 Å². The largest absolute Gasteiger partial charge is 0.493 e. The molecule has 0 saturated carbocycles. The summed E-state index contributed by atoms with van der Waals surface area (Å²) in [5.41, 5.74) is 3.04. The van der Waals surface area contributed by atoms with Crippen LogP contribution in [0.1, 0.15) is 36.5 Å². The van der Waals surface area contributed by atoms with Gasteiger partial charge >= 0.3 is 0 Å². The van der Waals surface area contributed by atoms with Gasteiger partial charge in [-0.05, 0) is 80.1 Å². The fourth-order valence-corrected chi connectivity index (χ4v) is 6.48. The first-order chi connectivity index (χ1) is 15.8. The van der Waals surface area contributed by atoms with Gasteiger partial charge in [-0.25, -0.2) is 8.42 Å². The number of nitrogens with zero attached hydrogens (tertiary/aromatic N) is 2. The highest BCUT2D eigenvalue weighted by atomic mass is 35.5. The van der Waals surface area contributed by atoms with E-state index in [2.05, 4.69) is 17.9 Å². The van der Waals surface area contributed by atoms with E-state index in [1.807, 2.05) is 6.07 Å². The zero-order valence-electron chi connectivity index (χ0n) is 18.7. The van der Waals surface area contributed by atoms with Crippen LogP contribution in [-0.2, 0) is 22.7 Å². The predicted octanol–water partition coefficient (Wildman–Crippen LogP) is 3.62. The third-order valence-electron chi connectivity index (χ3n) is 6.82. The van der Waals surface area contributed by atoms with E-state index in [9.17, 15) is 13.7 Å². The van der Waals surface area contributed by atoms with Crippen molar-refractivity contribution in [3.63, 3.8) is 0 Å². The average molecular weight is 489 g/mol. The number of likely N-dealkylation sites (tertiary alicyclic amines) is 1. The van der Waals surface area contributed by atoms with E-state index >= 15 is 0 Å². The standard InChI is InChI=1S/C25H29ClN2O4S/c1-17-10-18(16-32-23-3-5-24(6-4-23)33(30,31)9-8-29)15-28(17)22-2-7-25-19(13-22)11-21(26)12-20(25)14-27/h3-6,11-12,17-18,22,29H,2,7-10,13,15-16H2,1H3/t17-,18+,22+/m1/s1. The second kappa shape index (κ2) is 10.0.